The molecular weight excluding hydrogens is 428 g/mol. The van der Waals surface area contributed by atoms with Gasteiger partial charge in [-0.1, -0.05) is 27.7 Å². The Kier molecular flexibility index (Phi) is 4.59. The number of hydrogen-bond acceptors (Lipinski definition) is 4. The van der Waals surface area contributed by atoms with Gasteiger partial charge >= 0.3 is 0 Å². The van der Waals surface area contributed by atoms with E-state index in [-0.39, 0.29) is 39.8 Å². The van der Waals surface area contributed by atoms with Crippen LogP contribution in [0.3, 0.4) is 0 Å². The molecule has 0 aliphatic carbocycles. The normalized spacial score (nSPS) is 27.3. The van der Waals surface area contributed by atoms with E-state index in [2.05, 4.69) is 15.9 Å². The van der Waals surface area contributed by atoms with Gasteiger partial charge in [0.15, 0.2) is 15.0 Å². The molecule has 1 aromatic carbocycles. The number of anilines is 1. The molecule has 3 rings (SSSR count). The van der Waals surface area contributed by atoms with Gasteiger partial charge < -0.3 is 4.90 Å². The summed E-state index contributed by atoms with van der Waals surface area (Å²) in [6.07, 6.45) is 0. The van der Waals surface area contributed by atoms with E-state index in [1.165, 1.54) is 11.8 Å². The largest absolute Gasteiger partial charge is 0.316 e. The van der Waals surface area contributed by atoms with E-state index < -0.39 is 9.84 Å². The number of nitrogens with zero attached hydrogens (tertiary/aromatic N) is 1. The molecule has 2 fully saturated rings. The molecule has 2 saturated heterocycles. The SMILES string of the molecule is Br.Cc1cc(N2C(=N)SC3CS(=O)(=O)CC32)ccc1Br. The summed E-state index contributed by atoms with van der Waals surface area (Å²) in [6.45, 7) is 1.99. The van der Waals surface area contributed by atoms with Crippen LogP contribution in [0.15, 0.2) is 22.7 Å². The third-order valence-electron chi connectivity index (χ3n) is 3.51. The lowest BCUT2D eigenvalue weighted by molar-refractivity contribution is 0.601. The standard InChI is InChI=1S/C12H13BrN2O2S2.BrH/c1-7-4-8(2-3-9(7)13)15-10-5-19(16,17)6-11(10)18-12(15)14;/h2-4,10-11,14H,5-6H2,1H3;1H. The number of benzene rings is 1. The fraction of sp³-hybridized carbons (Fsp3) is 0.417. The number of sulfone groups is 1. The molecule has 2 unspecified atom stereocenters. The molecule has 2 aliphatic heterocycles. The van der Waals surface area contributed by atoms with E-state index >= 15 is 0 Å². The Morgan fingerprint density at radius 1 is 1.40 bits per heavy atom. The summed E-state index contributed by atoms with van der Waals surface area (Å²) in [5.41, 5.74) is 1.99. The summed E-state index contributed by atoms with van der Waals surface area (Å²) in [4.78, 5) is 1.86. The van der Waals surface area contributed by atoms with Crippen LogP contribution in [0.2, 0.25) is 0 Å². The average molecular weight is 442 g/mol. The molecule has 1 N–H and O–H groups in total. The van der Waals surface area contributed by atoms with E-state index in [4.69, 9.17) is 5.41 Å². The monoisotopic (exact) mass is 440 g/mol. The Hall–Kier alpha value is -0.0500. The summed E-state index contributed by atoms with van der Waals surface area (Å²) in [5.74, 6) is 0.346. The third-order valence-corrected chi connectivity index (χ3v) is 7.53. The summed E-state index contributed by atoms with van der Waals surface area (Å²) in [7, 11) is -2.96. The highest BCUT2D eigenvalue weighted by atomic mass is 79.9. The molecule has 110 valence electrons. The van der Waals surface area contributed by atoms with Gasteiger partial charge in [0.1, 0.15) is 0 Å². The van der Waals surface area contributed by atoms with Crippen LogP contribution in [-0.2, 0) is 9.84 Å². The molecule has 2 atom stereocenters. The van der Waals surface area contributed by atoms with Crippen LogP contribution in [0, 0.1) is 12.3 Å². The van der Waals surface area contributed by atoms with E-state index in [0.717, 1.165) is 15.7 Å². The first-order chi connectivity index (χ1) is 8.87. The number of thioether (sulfide) groups is 1. The topological polar surface area (TPSA) is 61.2 Å². The van der Waals surface area contributed by atoms with Crippen LogP contribution in [0.25, 0.3) is 0 Å². The molecule has 0 aromatic heterocycles. The number of aryl methyl sites for hydroxylation is 1. The zero-order chi connectivity index (χ0) is 13.8. The van der Waals surface area contributed by atoms with Gasteiger partial charge in [-0.05, 0) is 30.7 Å². The second-order valence-corrected chi connectivity index (χ2v) is 9.15. The lowest BCUT2D eigenvalue weighted by atomic mass is 10.1. The number of nitrogens with one attached hydrogen (secondary N) is 1. The summed E-state index contributed by atoms with van der Waals surface area (Å²) >= 11 is 4.82. The van der Waals surface area contributed by atoms with Crippen molar-refractivity contribution in [3.63, 3.8) is 0 Å². The molecule has 0 saturated carbocycles. The van der Waals surface area contributed by atoms with Crippen molar-refractivity contribution in [3.8, 4) is 0 Å². The number of fused-ring (bicyclic) bond motifs is 1. The Morgan fingerprint density at radius 2 is 2.10 bits per heavy atom. The summed E-state index contributed by atoms with van der Waals surface area (Å²) in [6, 6.07) is 5.77. The van der Waals surface area contributed by atoms with Crippen LogP contribution in [0.5, 0.6) is 0 Å². The molecule has 8 heteroatoms. The van der Waals surface area contributed by atoms with Crippen molar-refractivity contribution in [3.05, 3.63) is 28.2 Å². The number of hydrogen-bond donors (Lipinski definition) is 1. The van der Waals surface area contributed by atoms with Crippen LogP contribution in [-0.4, -0.2) is 36.4 Å². The average Bonchev–Trinajstić information content (AvgIpc) is 2.73. The summed E-state index contributed by atoms with van der Waals surface area (Å²) in [5, 5.41) is 8.53. The van der Waals surface area contributed by atoms with Crippen molar-refractivity contribution in [2.24, 2.45) is 0 Å². The van der Waals surface area contributed by atoms with Gasteiger partial charge in [-0.15, -0.1) is 17.0 Å². The molecule has 4 nitrogen and oxygen atoms in total. The van der Waals surface area contributed by atoms with Crippen LogP contribution in [0.4, 0.5) is 5.69 Å². The quantitative estimate of drug-likeness (QED) is 0.727. The number of halogens is 2. The van der Waals surface area contributed by atoms with Gasteiger partial charge in [-0.25, -0.2) is 8.42 Å². The molecular formula is C12H14Br2N2O2S2. The first-order valence-electron chi connectivity index (χ1n) is 5.88. The van der Waals surface area contributed by atoms with E-state index in [1.807, 2.05) is 30.0 Å². The van der Waals surface area contributed by atoms with Crippen LogP contribution in [0.1, 0.15) is 5.56 Å². The Balaban J connectivity index is 0.00000147. The molecule has 2 heterocycles. The molecule has 0 spiro atoms. The van der Waals surface area contributed by atoms with Crippen molar-refractivity contribution in [1.82, 2.24) is 0 Å². The maximum absolute atomic E-state index is 11.7. The first kappa shape index (κ1) is 16.3. The van der Waals surface area contributed by atoms with Crippen molar-refractivity contribution < 1.29 is 8.42 Å². The molecule has 1 aromatic rings. The van der Waals surface area contributed by atoms with Crippen molar-refractivity contribution in [2.45, 2.75) is 18.2 Å². The molecule has 20 heavy (non-hydrogen) atoms. The zero-order valence-electron chi connectivity index (χ0n) is 10.7. The molecule has 0 bridgehead atoms. The first-order valence-corrected chi connectivity index (χ1v) is 9.38. The van der Waals surface area contributed by atoms with Gasteiger partial charge in [0, 0.05) is 15.4 Å². The molecule has 0 radical (unpaired) electrons. The predicted octanol–water partition coefficient (Wildman–Crippen LogP) is 2.99. The smallest absolute Gasteiger partial charge is 0.161 e. The maximum atomic E-state index is 11.7. The third kappa shape index (κ3) is 2.80. The highest BCUT2D eigenvalue weighted by Crippen LogP contribution is 2.40. The van der Waals surface area contributed by atoms with Crippen molar-refractivity contribution in [1.29, 1.82) is 5.41 Å². The molecule has 0 amide bonds. The Labute approximate surface area is 141 Å². The second-order valence-electron chi connectivity index (χ2n) is 4.91. The van der Waals surface area contributed by atoms with E-state index in [9.17, 15) is 8.42 Å². The maximum Gasteiger partial charge on any atom is 0.161 e. The van der Waals surface area contributed by atoms with Gasteiger partial charge in [-0.2, -0.15) is 0 Å². The lowest BCUT2D eigenvalue weighted by Crippen LogP contribution is -2.37. The minimum absolute atomic E-state index is 0. The number of rotatable bonds is 1. The van der Waals surface area contributed by atoms with Crippen LogP contribution >= 0.6 is 44.7 Å². The highest BCUT2D eigenvalue weighted by molar-refractivity contribution is 9.10. The lowest BCUT2D eigenvalue weighted by Gasteiger charge is -2.24. The van der Waals surface area contributed by atoms with Crippen molar-refractivity contribution in [2.75, 3.05) is 16.4 Å². The highest BCUT2D eigenvalue weighted by Gasteiger charge is 2.48. The zero-order valence-corrected chi connectivity index (χ0v) is 15.6. The van der Waals surface area contributed by atoms with Gasteiger partial charge in [-0.3, -0.25) is 5.41 Å². The van der Waals surface area contributed by atoms with Crippen LogP contribution < -0.4 is 4.90 Å². The fourth-order valence-corrected chi connectivity index (χ4v) is 6.63. The number of amidine groups is 1. The van der Waals surface area contributed by atoms with Gasteiger partial charge in [0.05, 0.1) is 17.5 Å². The minimum Gasteiger partial charge on any atom is -0.316 e. The molecule has 2 aliphatic rings. The Bertz CT molecular complexity index is 663. The fourth-order valence-electron chi connectivity index (χ4n) is 2.59. The second kappa shape index (κ2) is 5.62. The van der Waals surface area contributed by atoms with E-state index in [0.29, 0.717) is 5.17 Å². The van der Waals surface area contributed by atoms with Gasteiger partial charge in [0.2, 0.25) is 0 Å². The minimum atomic E-state index is -2.96. The predicted molar refractivity (Wildman–Crippen MR) is 93.2 cm³/mol. The Morgan fingerprint density at radius 3 is 2.75 bits per heavy atom. The summed E-state index contributed by atoms with van der Waals surface area (Å²) < 4.78 is 24.5. The van der Waals surface area contributed by atoms with E-state index in [1.54, 1.807) is 0 Å². The van der Waals surface area contributed by atoms with Crippen molar-refractivity contribution >= 4 is 65.4 Å². The van der Waals surface area contributed by atoms with Gasteiger partial charge in [0.25, 0.3) is 0 Å².